The summed E-state index contributed by atoms with van der Waals surface area (Å²) in [4.78, 5) is 10.8. The van der Waals surface area contributed by atoms with Crippen molar-refractivity contribution in [2.75, 3.05) is 10.6 Å². The van der Waals surface area contributed by atoms with E-state index >= 15 is 0 Å². The molecule has 1 aliphatic rings. The molecule has 0 unspecified atom stereocenters. The number of amides is 1. The third kappa shape index (κ3) is 9.39. The first-order valence-corrected chi connectivity index (χ1v) is 14.8. The Morgan fingerprint density at radius 1 is 0.925 bits per heavy atom. The number of anilines is 2. The first kappa shape index (κ1) is 30.6. The van der Waals surface area contributed by atoms with Gasteiger partial charge in [0.1, 0.15) is 5.84 Å². The average molecular weight is 566 g/mol. The van der Waals surface area contributed by atoms with Crippen LogP contribution in [0, 0.1) is 5.41 Å². The van der Waals surface area contributed by atoms with Crippen LogP contribution in [0.4, 0.5) is 16.2 Å². The molecule has 0 saturated heterocycles. The summed E-state index contributed by atoms with van der Waals surface area (Å²) in [5.41, 5.74) is 8.40. The Morgan fingerprint density at radius 2 is 1.57 bits per heavy atom. The number of hydrogen-bond donors (Lipinski definition) is 6. The van der Waals surface area contributed by atoms with Gasteiger partial charge in [-0.15, -0.1) is 0 Å². The fourth-order valence-corrected chi connectivity index (χ4v) is 6.16. The Balaban J connectivity index is 0.000000238. The normalized spacial score (nSPS) is 14.0. The monoisotopic (exact) mass is 565 g/mol. The van der Waals surface area contributed by atoms with Crippen molar-refractivity contribution in [2.24, 2.45) is 5.73 Å². The number of carboxylic acid groups (broad SMARTS) is 1. The van der Waals surface area contributed by atoms with Crippen LogP contribution >= 0.6 is 0 Å². The van der Waals surface area contributed by atoms with E-state index in [9.17, 15) is 13.2 Å². The molecule has 0 aliphatic heterocycles. The second-order valence-corrected chi connectivity index (χ2v) is 12.5. The Morgan fingerprint density at radius 3 is 2.17 bits per heavy atom. The molecule has 40 heavy (non-hydrogen) atoms. The summed E-state index contributed by atoms with van der Waals surface area (Å²) in [6.45, 7) is 5.33. The maximum Gasteiger partial charge on any atom is 0.409 e. The van der Waals surface area contributed by atoms with Gasteiger partial charge in [0.25, 0.3) is 0 Å². The van der Waals surface area contributed by atoms with E-state index < -0.39 is 21.7 Å². The maximum absolute atomic E-state index is 12.7. The van der Waals surface area contributed by atoms with Gasteiger partial charge in [-0.25, -0.2) is 17.9 Å². The molecule has 0 aromatic heterocycles. The second-order valence-electron chi connectivity index (χ2n) is 10.8. The third-order valence-corrected chi connectivity index (χ3v) is 8.03. The molecule has 0 radical (unpaired) electrons. The van der Waals surface area contributed by atoms with Gasteiger partial charge in [-0.05, 0) is 69.5 Å². The molecule has 9 nitrogen and oxygen atoms in total. The number of nitrogen functional groups attached to an aromatic ring is 1. The molecule has 10 heteroatoms. The fraction of sp³-hybridized carbons (Fsp3) is 0.333. The van der Waals surface area contributed by atoms with E-state index in [1.807, 2.05) is 24.3 Å². The van der Waals surface area contributed by atoms with E-state index in [4.69, 9.17) is 16.2 Å². The Bertz CT molecular complexity index is 1410. The molecule has 1 fully saturated rings. The predicted octanol–water partition coefficient (Wildman–Crippen LogP) is 6.24. The first-order valence-electron chi connectivity index (χ1n) is 13.3. The summed E-state index contributed by atoms with van der Waals surface area (Å²) in [5.74, 6) is 0.132. The molecule has 214 valence electrons. The molecule has 1 saturated carbocycles. The van der Waals surface area contributed by atoms with Crippen LogP contribution in [0.3, 0.4) is 0 Å². The SMILES string of the molecule is CC(C)(C)NS(=O)(=O)c1ccccc1-c1ccc(NC(=O)O)cc1.N=C(N)c1cccc(NC2CCCCC2)c1. The van der Waals surface area contributed by atoms with Crippen molar-refractivity contribution in [3.8, 4) is 11.1 Å². The summed E-state index contributed by atoms with van der Waals surface area (Å²) in [7, 11) is -3.69. The smallest absolute Gasteiger partial charge is 0.409 e. The molecule has 3 aromatic carbocycles. The number of amidine groups is 1. The van der Waals surface area contributed by atoms with Crippen LogP contribution in [0.1, 0.15) is 58.4 Å². The van der Waals surface area contributed by atoms with Crippen molar-refractivity contribution in [3.05, 3.63) is 78.4 Å². The Kier molecular flexibility index (Phi) is 10.3. The Hall–Kier alpha value is -3.89. The first-order chi connectivity index (χ1) is 18.8. The van der Waals surface area contributed by atoms with E-state index in [0.29, 0.717) is 22.9 Å². The summed E-state index contributed by atoms with van der Waals surface area (Å²) < 4.78 is 27.9. The van der Waals surface area contributed by atoms with Crippen LogP contribution in [0.25, 0.3) is 11.1 Å². The predicted molar refractivity (Wildman–Crippen MR) is 162 cm³/mol. The lowest BCUT2D eigenvalue weighted by atomic mass is 9.95. The van der Waals surface area contributed by atoms with Crippen molar-refractivity contribution in [1.29, 1.82) is 5.41 Å². The van der Waals surface area contributed by atoms with Crippen molar-refractivity contribution >= 4 is 33.3 Å². The lowest BCUT2D eigenvalue weighted by Crippen LogP contribution is -2.40. The summed E-state index contributed by atoms with van der Waals surface area (Å²) in [5, 5.41) is 21.9. The number of nitrogens with two attached hydrogens (primary N) is 1. The van der Waals surface area contributed by atoms with Crippen molar-refractivity contribution < 1.29 is 18.3 Å². The molecule has 0 heterocycles. The van der Waals surface area contributed by atoms with Crippen LogP contribution in [0.2, 0.25) is 0 Å². The van der Waals surface area contributed by atoms with Gasteiger partial charge >= 0.3 is 6.09 Å². The van der Waals surface area contributed by atoms with E-state index in [0.717, 1.165) is 11.3 Å². The Labute approximate surface area is 236 Å². The summed E-state index contributed by atoms with van der Waals surface area (Å²) >= 11 is 0. The highest BCUT2D eigenvalue weighted by Gasteiger charge is 2.24. The standard InChI is InChI=1S/C17H20N2O4S.C13H19N3/c1-17(2,3)19-24(22,23)15-7-5-4-6-14(15)12-8-10-13(11-9-12)18-16(20)21;14-13(15)10-5-4-8-12(9-10)16-11-6-2-1-3-7-11/h4-11,18-19H,1-3H3,(H,20,21);4-5,8-9,11,16H,1-3,6-7H2,(H3,14,15). The number of benzene rings is 3. The zero-order valence-electron chi connectivity index (χ0n) is 23.2. The molecule has 0 atom stereocenters. The van der Waals surface area contributed by atoms with Gasteiger partial charge in [-0.1, -0.05) is 61.7 Å². The van der Waals surface area contributed by atoms with Crippen LogP contribution in [-0.4, -0.2) is 37.0 Å². The zero-order chi connectivity index (χ0) is 29.3. The van der Waals surface area contributed by atoms with Crippen LogP contribution in [-0.2, 0) is 10.0 Å². The highest BCUT2D eigenvalue weighted by Crippen LogP contribution is 2.29. The minimum absolute atomic E-state index is 0.132. The van der Waals surface area contributed by atoms with Crippen LogP contribution < -0.4 is 21.1 Å². The van der Waals surface area contributed by atoms with Crippen molar-refractivity contribution in [3.63, 3.8) is 0 Å². The minimum Gasteiger partial charge on any atom is -0.465 e. The number of hydrogen-bond acceptors (Lipinski definition) is 5. The van der Waals surface area contributed by atoms with Crippen molar-refractivity contribution in [1.82, 2.24) is 4.72 Å². The van der Waals surface area contributed by atoms with E-state index in [1.54, 1.807) is 69.3 Å². The topological polar surface area (TPSA) is 157 Å². The number of rotatable bonds is 7. The minimum atomic E-state index is -3.69. The van der Waals surface area contributed by atoms with E-state index in [-0.39, 0.29) is 10.7 Å². The molecule has 0 spiro atoms. The van der Waals surface area contributed by atoms with Gasteiger partial charge in [0, 0.05) is 34.1 Å². The van der Waals surface area contributed by atoms with Gasteiger partial charge in [-0.2, -0.15) is 0 Å². The highest BCUT2D eigenvalue weighted by atomic mass is 32.2. The summed E-state index contributed by atoms with van der Waals surface area (Å²) in [6.07, 6.45) is 5.37. The second kappa shape index (κ2) is 13.5. The molecule has 4 rings (SSSR count). The zero-order valence-corrected chi connectivity index (χ0v) is 24.0. The molecular formula is C30H39N5O4S. The number of carbonyl (C=O) groups is 1. The maximum atomic E-state index is 12.7. The lowest BCUT2D eigenvalue weighted by molar-refractivity contribution is 0.209. The molecular weight excluding hydrogens is 526 g/mol. The molecule has 1 amide bonds. The van der Waals surface area contributed by atoms with Crippen molar-refractivity contribution in [2.45, 2.75) is 69.4 Å². The van der Waals surface area contributed by atoms with Gasteiger partial charge in [0.15, 0.2) is 0 Å². The largest absolute Gasteiger partial charge is 0.465 e. The molecule has 0 bridgehead atoms. The van der Waals surface area contributed by atoms with Gasteiger partial charge in [-0.3, -0.25) is 10.7 Å². The summed E-state index contributed by atoms with van der Waals surface area (Å²) in [6, 6.07) is 21.6. The number of nitrogens with one attached hydrogen (secondary N) is 4. The molecule has 3 aromatic rings. The third-order valence-electron chi connectivity index (χ3n) is 6.21. The van der Waals surface area contributed by atoms with Gasteiger partial charge in [0.2, 0.25) is 10.0 Å². The molecule has 7 N–H and O–H groups in total. The quantitative estimate of drug-likeness (QED) is 0.147. The molecule has 1 aliphatic carbocycles. The average Bonchev–Trinajstić information content (AvgIpc) is 2.89. The van der Waals surface area contributed by atoms with Crippen LogP contribution in [0.15, 0.2) is 77.7 Å². The van der Waals surface area contributed by atoms with Gasteiger partial charge < -0.3 is 16.2 Å². The van der Waals surface area contributed by atoms with Gasteiger partial charge in [0.05, 0.1) is 4.90 Å². The van der Waals surface area contributed by atoms with E-state index in [1.165, 1.54) is 32.1 Å². The number of sulfonamides is 1. The lowest BCUT2D eigenvalue weighted by Gasteiger charge is -2.24. The fourth-order valence-electron chi connectivity index (χ4n) is 4.51. The highest BCUT2D eigenvalue weighted by molar-refractivity contribution is 7.89. The van der Waals surface area contributed by atoms with Crippen LogP contribution in [0.5, 0.6) is 0 Å². The van der Waals surface area contributed by atoms with E-state index in [2.05, 4.69) is 15.4 Å².